The molecule has 2 heterocycles. The molecule has 7 heteroatoms. The van der Waals surface area contributed by atoms with E-state index in [1.807, 2.05) is 48.0 Å². The van der Waals surface area contributed by atoms with Gasteiger partial charge in [-0.15, -0.1) is 11.8 Å². The Morgan fingerprint density at radius 3 is 2.48 bits per heavy atom. The molecule has 0 aliphatic carbocycles. The lowest BCUT2D eigenvalue weighted by atomic mass is 10.2. The van der Waals surface area contributed by atoms with Gasteiger partial charge in [-0.1, -0.05) is 25.2 Å². The number of benzene rings is 2. The van der Waals surface area contributed by atoms with Crippen LogP contribution in [0.1, 0.15) is 24.2 Å². The summed E-state index contributed by atoms with van der Waals surface area (Å²) in [6, 6.07) is 11.5. The minimum Gasteiger partial charge on any atom is -0.486 e. The number of carbonyl (C=O) groups is 1. The fraction of sp³-hybridized carbons (Fsp3) is 0.300. The first-order chi connectivity index (χ1) is 13.0. The molecule has 0 saturated carbocycles. The van der Waals surface area contributed by atoms with Crippen LogP contribution in [0.5, 0.6) is 11.5 Å². The zero-order valence-corrected chi connectivity index (χ0v) is 17.0. The highest BCUT2D eigenvalue weighted by Crippen LogP contribution is 2.35. The fourth-order valence-corrected chi connectivity index (χ4v) is 4.74. The Labute approximate surface area is 165 Å². The largest absolute Gasteiger partial charge is 0.486 e. The van der Waals surface area contributed by atoms with Gasteiger partial charge in [-0.2, -0.15) is 4.99 Å². The number of thioether (sulfide) groups is 1. The van der Waals surface area contributed by atoms with Gasteiger partial charge >= 0.3 is 0 Å². The number of rotatable bonds is 3. The van der Waals surface area contributed by atoms with Crippen LogP contribution in [0, 0.1) is 0 Å². The number of nitrogens with zero attached hydrogens (tertiary/aromatic N) is 2. The topological polar surface area (TPSA) is 52.8 Å². The SMILES string of the molecule is CC(C)Sc1ccc(C(=O)N=c2sc3cc4c(cc3n2C)OCCO4)cc1. The predicted molar refractivity (Wildman–Crippen MR) is 109 cm³/mol. The summed E-state index contributed by atoms with van der Waals surface area (Å²) in [6.07, 6.45) is 0. The monoisotopic (exact) mass is 400 g/mol. The second-order valence-electron chi connectivity index (χ2n) is 6.52. The van der Waals surface area contributed by atoms with Gasteiger partial charge < -0.3 is 14.0 Å². The molecule has 140 valence electrons. The Balaban J connectivity index is 1.67. The third-order valence-electron chi connectivity index (χ3n) is 4.14. The van der Waals surface area contributed by atoms with Gasteiger partial charge in [0.15, 0.2) is 16.3 Å². The normalized spacial score (nSPS) is 14.1. The highest BCUT2D eigenvalue weighted by atomic mass is 32.2. The molecule has 3 aromatic rings. The van der Waals surface area contributed by atoms with Gasteiger partial charge in [0, 0.05) is 34.9 Å². The summed E-state index contributed by atoms with van der Waals surface area (Å²) in [4.78, 5) is 18.7. The Morgan fingerprint density at radius 1 is 1.15 bits per heavy atom. The van der Waals surface area contributed by atoms with Crippen molar-refractivity contribution in [3.63, 3.8) is 0 Å². The molecule has 0 unspecified atom stereocenters. The van der Waals surface area contributed by atoms with Crippen molar-refractivity contribution < 1.29 is 14.3 Å². The Morgan fingerprint density at radius 2 is 1.81 bits per heavy atom. The first kappa shape index (κ1) is 18.1. The van der Waals surface area contributed by atoms with Gasteiger partial charge in [-0.05, 0) is 24.3 Å². The number of amides is 1. The van der Waals surface area contributed by atoms with E-state index in [-0.39, 0.29) is 5.91 Å². The van der Waals surface area contributed by atoms with E-state index in [9.17, 15) is 4.79 Å². The molecule has 27 heavy (non-hydrogen) atoms. The highest BCUT2D eigenvalue weighted by Gasteiger charge is 2.16. The molecular weight excluding hydrogens is 380 g/mol. The molecule has 1 aliphatic heterocycles. The van der Waals surface area contributed by atoms with E-state index < -0.39 is 0 Å². The van der Waals surface area contributed by atoms with Gasteiger partial charge in [0.1, 0.15) is 13.2 Å². The molecule has 0 atom stereocenters. The predicted octanol–water partition coefficient (Wildman–Crippen LogP) is 4.25. The summed E-state index contributed by atoms with van der Waals surface area (Å²) in [5, 5.41) is 0.507. The van der Waals surface area contributed by atoms with E-state index in [0.29, 0.717) is 28.8 Å². The van der Waals surface area contributed by atoms with Crippen LogP contribution in [0.3, 0.4) is 0 Å². The fourth-order valence-electron chi connectivity index (χ4n) is 2.87. The van der Waals surface area contributed by atoms with Gasteiger partial charge in [-0.3, -0.25) is 4.79 Å². The molecule has 0 fully saturated rings. The average Bonchev–Trinajstić information content (AvgIpc) is 2.95. The van der Waals surface area contributed by atoms with E-state index in [1.54, 1.807) is 11.8 Å². The van der Waals surface area contributed by atoms with Crippen LogP contribution in [0.4, 0.5) is 0 Å². The second kappa shape index (κ2) is 7.40. The van der Waals surface area contributed by atoms with E-state index in [4.69, 9.17) is 9.47 Å². The van der Waals surface area contributed by atoms with E-state index >= 15 is 0 Å². The number of ether oxygens (including phenoxy) is 2. The lowest BCUT2D eigenvalue weighted by molar-refractivity contribution is 0.0998. The quantitative estimate of drug-likeness (QED) is 0.617. The minimum atomic E-state index is -0.240. The molecule has 0 N–H and O–H groups in total. The van der Waals surface area contributed by atoms with Crippen molar-refractivity contribution in [3.8, 4) is 11.5 Å². The van der Waals surface area contributed by atoms with E-state index in [2.05, 4.69) is 18.8 Å². The average molecular weight is 401 g/mol. The number of aromatic nitrogens is 1. The van der Waals surface area contributed by atoms with Gasteiger partial charge in [0.05, 0.1) is 10.2 Å². The van der Waals surface area contributed by atoms with Crippen molar-refractivity contribution in [2.75, 3.05) is 13.2 Å². The summed E-state index contributed by atoms with van der Waals surface area (Å²) in [5.41, 5.74) is 1.56. The van der Waals surface area contributed by atoms with Crippen molar-refractivity contribution in [1.82, 2.24) is 4.57 Å². The van der Waals surface area contributed by atoms with Crippen molar-refractivity contribution in [2.45, 2.75) is 24.0 Å². The molecule has 0 spiro atoms. The lowest BCUT2D eigenvalue weighted by Crippen LogP contribution is -2.15. The van der Waals surface area contributed by atoms with Crippen molar-refractivity contribution in [3.05, 3.63) is 46.8 Å². The smallest absolute Gasteiger partial charge is 0.279 e. The molecule has 0 radical (unpaired) electrons. The summed E-state index contributed by atoms with van der Waals surface area (Å²) in [5.74, 6) is 1.24. The Kier molecular flexibility index (Phi) is 4.97. The first-order valence-corrected chi connectivity index (χ1v) is 10.5. The van der Waals surface area contributed by atoms with Crippen LogP contribution in [0.25, 0.3) is 10.2 Å². The Bertz CT molecular complexity index is 1070. The third-order valence-corrected chi connectivity index (χ3v) is 6.25. The van der Waals surface area contributed by atoms with Gasteiger partial charge in [0.25, 0.3) is 5.91 Å². The van der Waals surface area contributed by atoms with Crippen LogP contribution in [0.15, 0.2) is 46.3 Å². The first-order valence-electron chi connectivity index (χ1n) is 8.76. The summed E-state index contributed by atoms with van der Waals surface area (Å²) in [7, 11) is 1.91. The maximum absolute atomic E-state index is 12.6. The number of carbonyl (C=O) groups excluding carboxylic acids is 1. The number of aryl methyl sites for hydroxylation is 1. The molecule has 0 saturated heterocycles. The Hall–Kier alpha value is -2.25. The number of fused-ring (bicyclic) bond motifs is 2. The van der Waals surface area contributed by atoms with E-state index in [1.165, 1.54) is 11.3 Å². The van der Waals surface area contributed by atoms with Crippen molar-refractivity contribution in [2.24, 2.45) is 12.0 Å². The molecule has 1 aliphatic rings. The molecule has 2 aromatic carbocycles. The summed E-state index contributed by atoms with van der Waals surface area (Å²) < 4.78 is 14.2. The lowest BCUT2D eigenvalue weighted by Gasteiger charge is -2.18. The third kappa shape index (κ3) is 3.75. The summed E-state index contributed by atoms with van der Waals surface area (Å²) in [6.45, 7) is 5.40. The number of hydrogen-bond donors (Lipinski definition) is 0. The highest BCUT2D eigenvalue weighted by molar-refractivity contribution is 7.99. The summed E-state index contributed by atoms with van der Waals surface area (Å²) >= 11 is 3.24. The number of hydrogen-bond acceptors (Lipinski definition) is 5. The maximum atomic E-state index is 12.6. The number of thiazole rings is 1. The standard InChI is InChI=1S/C20H20N2O3S2/c1-12(2)26-14-6-4-13(5-7-14)19(23)21-20-22(3)15-10-16-17(11-18(15)27-20)25-9-8-24-16/h4-7,10-12H,8-9H2,1-3H3. The van der Waals surface area contributed by atoms with Crippen LogP contribution >= 0.6 is 23.1 Å². The minimum absolute atomic E-state index is 0.240. The van der Waals surface area contributed by atoms with Crippen molar-refractivity contribution >= 4 is 39.2 Å². The molecule has 5 nitrogen and oxygen atoms in total. The van der Waals surface area contributed by atoms with Gasteiger partial charge in [0.2, 0.25) is 0 Å². The molecule has 4 rings (SSSR count). The zero-order valence-electron chi connectivity index (χ0n) is 15.4. The van der Waals surface area contributed by atoms with Crippen LogP contribution in [-0.4, -0.2) is 28.9 Å². The second-order valence-corrected chi connectivity index (χ2v) is 9.17. The zero-order chi connectivity index (χ0) is 19.0. The molecule has 0 bridgehead atoms. The van der Waals surface area contributed by atoms with Gasteiger partial charge in [-0.25, -0.2) is 0 Å². The van der Waals surface area contributed by atoms with E-state index in [0.717, 1.165) is 26.6 Å². The molecule has 1 amide bonds. The molecular formula is C20H20N2O3S2. The van der Waals surface area contributed by atoms with Crippen LogP contribution in [0.2, 0.25) is 0 Å². The van der Waals surface area contributed by atoms with Crippen molar-refractivity contribution in [1.29, 1.82) is 0 Å². The van der Waals surface area contributed by atoms with Crippen LogP contribution < -0.4 is 14.3 Å². The maximum Gasteiger partial charge on any atom is 0.279 e. The van der Waals surface area contributed by atoms with Crippen LogP contribution in [-0.2, 0) is 7.05 Å². The molecule has 1 aromatic heterocycles.